The number of nitrogens with one attached hydrogen (secondary N) is 2. The molecule has 0 aromatic heterocycles. The van der Waals surface area contributed by atoms with Crippen molar-refractivity contribution in [1.82, 2.24) is 5.43 Å². The summed E-state index contributed by atoms with van der Waals surface area (Å²) in [5.74, 6) is 0.183. The Balaban J connectivity index is 1.65. The molecule has 5 nitrogen and oxygen atoms in total. The van der Waals surface area contributed by atoms with E-state index in [-0.39, 0.29) is 5.75 Å². The molecule has 0 saturated carbocycles. The van der Waals surface area contributed by atoms with Gasteiger partial charge in [-0.15, -0.1) is 0 Å². The Morgan fingerprint density at radius 3 is 2.57 bits per heavy atom. The number of rotatable bonds is 6. The molecule has 0 heterocycles. The van der Waals surface area contributed by atoms with Crippen molar-refractivity contribution in [3.05, 3.63) is 66.2 Å². The Kier molecular flexibility index (Phi) is 6.45. The van der Waals surface area contributed by atoms with Crippen LogP contribution in [0.2, 0.25) is 0 Å². The molecule has 28 heavy (non-hydrogen) atoms. The van der Waals surface area contributed by atoms with E-state index in [9.17, 15) is 5.11 Å². The monoisotopic (exact) mass is 392 g/mol. The number of nitrogens with zero attached hydrogens (tertiary/aromatic N) is 2. The van der Waals surface area contributed by atoms with E-state index in [2.05, 4.69) is 46.7 Å². The summed E-state index contributed by atoms with van der Waals surface area (Å²) in [4.78, 5) is 2.17. The summed E-state index contributed by atoms with van der Waals surface area (Å²) in [6.07, 6.45) is 1.55. The van der Waals surface area contributed by atoms with Crippen LogP contribution in [0, 0.1) is 0 Å². The molecule has 3 N–H and O–H groups in total. The first-order chi connectivity index (χ1) is 13.6. The first-order valence-corrected chi connectivity index (χ1v) is 9.69. The number of anilines is 2. The van der Waals surface area contributed by atoms with Crippen molar-refractivity contribution in [2.75, 3.05) is 23.3 Å². The second-order valence-electron chi connectivity index (χ2n) is 6.27. The van der Waals surface area contributed by atoms with E-state index in [1.54, 1.807) is 12.3 Å². The molecule has 0 radical (unpaired) electrons. The Bertz CT molecular complexity index is 993. The fourth-order valence-electron chi connectivity index (χ4n) is 3.07. The van der Waals surface area contributed by atoms with E-state index in [0.717, 1.165) is 35.2 Å². The average Bonchev–Trinajstić information content (AvgIpc) is 2.71. The number of thiocarbonyl (C=S) groups is 1. The van der Waals surface area contributed by atoms with Crippen LogP contribution in [0.3, 0.4) is 0 Å². The summed E-state index contributed by atoms with van der Waals surface area (Å²) in [7, 11) is 0. The van der Waals surface area contributed by atoms with Gasteiger partial charge in [-0.05, 0) is 49.7 Å². The van der Waals surface area contributed by atoms with Gasteiger partial charge in [-0.3, -0.25) is 5.43 Å². The third-order valence-electron chi connectivity index (χ3n) is 4.55. The van der Waals surface area contributed by atoms with Gasteiger partial charge in [0.1, 0.15) is 5.75 Å². The molecule has 144 valence electrons. The zero-order valence-electron chi connectivity index (χ0n) is 16.0. The average molecular weight is 393 g/mol. The van der Waals surface area contributed by atoms with Crippen LogP contribution in [0.15, 0.2) is 65.8 Å². The summed E-state index contributed by atoms with van der Waals surface area (Å²) in [5, 5.41) is 20.2. The maximum Gasteiger partial charge on any atom is 0.191 e. The number of hydrogen-bond acceptors (Lipinski definition) is 4. The number of phenolic OH excluding ortho intramolecular Hbond substituents is 1. The summed E-state index contributed by atoms with van der Waals surface area (Å²) in [6, 6.07) is 19.7. The normalized spacial score (nSPS) is 10.9. The molecule has 3 aromatic rings. The van der Waals surface area contributed by atoms with Gasteiger partial charge >= 0.3 is 0 Å². The molecule has 0 amide bonds. The number of aromatic hydroxyl groups is 1. The Morgan fingerprint density at radius 1 is 1.07 bits per heavy atom. The van der Waals surface area contributed by atoms with Gasteiger partial charge in [-0.25, -0.2) is 0 Å². The molecule has 0 fully saturated rings. The lowest BCUT2D eigenvalue weighted by molar-refractivity contribution is 0.474. The molecule has 0 aliphatic rings. The lowest BCUT2D eigenvalue weighted by atomic mass is 10.1. The Morgan fingerprint density at radius 2 is 1.82 bits per heavy atom. The Labute approximate surface area is 170 Å². The van der Waals surface area contributed by atoms with Gasteiger partial charge < -0.3 is 15.3 Å². The minimum absolute atomic E-state index is 0.183. The highest BCUT2D eigenvalue weighted by Crippen LogP contribution is 2.24. The zero-order valence-corrected chi connectivity index (χ0v) is 16.8. The largest absolute Gasteiger partial charge is 0.507 e. The molecular formula is C22H24N4OS. The van der Waals surface area contributed by atoms with Crippen molar-refractivity contribution in [2.24, 2.45) is 5.10 Å². The molecule has 3 aromatic carbocycles. The number of hydrazone groups is 1. The van der Waals surface area contributed by atoms with Crippen LogP contribution in [0.5, 0.6) is 5.75 Å². The predicted octanol–water partition coefficient (Wildman–Crippen LogP) is 4.71. The first-order valence-electron chi connectivity index (χ1n) is 9.28. The number of fused-ring (bicyclic) bond motifs is 1. The van der Waals surface area contributed by atoms with Crippen LogP contribution in [-0.2, 0) is 0 Å². The van der Waals surface area contributed by atoms with Crippen molar-refractivity contribution in [1.29, 1.82) is 0 Å². The highest BCUT2D eigenvalue weighted by Gasteiger charge is 2.06. The minimum Gasteiger partial charge on any atom is -0.507 e. The molecule has 0 saturated heterocycles. The fraction of sp³-hybridized carbons (Fsp3) is 0.182. The second-order valence-corrected chi connectivity index (χ2v) is 6.67. The molecule has 6 heteroatoms. The van der Waals surface area contributed by atoms with E-state index in [4.69, 9.17) is 12.2 Å². The van der Waals surface area contributed by atoms with Gasteiger partial charge in [0, 0.05) is 41.5 Å². The van der Waals surface area contributed by atoms with Gasteiger partial charge in [-0.2, -0.15) is 5.10 Å². The summed E-state index contributed by atoms with van der Waals surface area (Å²) in [5.41, 5.74) is 5.32. The maximum absolute atomic E-state index is 10.3. The predicted molar refractivity (Wildman–Crippen MR) is 123 cm³/mol. The summed E-state index contributed by atoms with van der Waals surface area (Å²) in [6.45, 7) is 5.95. The highest BCUT2D eigenvalue weighted by atomic mass is 32.1. The van der Waals surface area contributed by atoms with E-state index >= 15 is 0 Å². The van der Waals surface area contributed by atoms with E-state index < -0.39 is 0 Å². The fourth-order valence-corrected chi connectivity index (χ4v) is 3.23. The summed E-state index contributed by atoms with van der Waals surface area (Å²) >= 11 is 5.33. The molecule has 3 rings (SSSR count). The SMILES string of the molecule is CCN(CC)c1ccc(/C=N/NC(=S)Nc2cccc3ccccc23)c(O)c1. The van der Waals surface area contributed by atoms with E-state index in [1.165, 1.54) is 0 Å². The van der Waals surface area contributed by atoms with Crippen LogP contribution in [0.1, 0.15) is 19.4 Å². The number of benzene rings is 3. The quantitative estimate of drug-likeness (QED) is 0.322. The Hall–Kier alpha value is -3.12. The van der Waals surface area contributed by atoms with Crippen molar-refractivity contribution in [2.45, 2.75) is 13.8 Å². The lowest BCUT2D eigenvalue weighted by Crippen LogP contribution is -2.24. The lowest BCUT2D eigenvalue weighted by Gasteiger charge is -2.21. The van der Waals surface area contributed by atoms with E-state index in [1.807, 2.05) is 42.5 Å². The third kappa shape index (κ3) is 4.58. The zero-order chi connectivity index (χ0) is 19.9. The van der Waals surface area contributed by atoms with Gasteiger partial charge in [0.15, 0.2) is 5.11 Å². The maximum atomic E-state index is 10.3. The van der Waals surface area contributed by atoms with Crippen molar-refractivity contribution in [3.63, 3.8) is 0 Å². The van der Waals surface area contributed by atoms with E-state index in [0.29, 0.717) is 10.7 Å². The van der Waals surface area contributed by atoms with Crippen LogP contribution in [0.4, 0.5) is 11.4 Å². The number of hydrogen-bond donors (Lipinski definition) is 3. The van der Waals surface area contributed by atoms with Crippen LogP contribution in [-0.4, -0.2) is 29.5 Å². The van der Waals surface area contributed by atoms with Gasteiger partial charge in [-0.1, -0.05) is 36.4 Å². The molecule has 0 aliphatic heterocycles. The molecule has 0 spiro atoms. The van der Waals surface area contributed by atoms with Crippen molar-refractivity contribution in [3.8, 4) is 5.75 Å². The molecule has 0 atom stereocenters. The number of phenols is 1. The van der Waals surface area contributed by atoms with Gasteiger partial charge in [0.2, 0.25) is 0 Å². The molecule has 0 bridgehead atoms. The van der Waals surface area contributed by atoms with Crippen LogP contribution >= 0.6 is 12.2 Å². The molecule has 0 aliphatic carbocycles. The van der Waals surface area contributed by atoms with Crippen molar-refractivity contribution < 1.29 is 5.11 Å². The van der Waals surface area contributed by atoms with Crippen LogP contribution in [0.25, 0.3) is 10.8 Å². The second kappa shape index (κ2) is 9.19. The third-order valence-corrected chi connectivity index (χ3v) is 4.74. The highest BCUT2D eigenvalue weighted by molar-refractivity contribution is 7.80. The van der Waals surface area contributed by atoms with Crippen LogP contribution < -0.4 is 15.6 Å². The standard InChI is InChI=1S/C22H24N4OS/c1-3-26(4-2)18-13-12-17(21(27)14-18)15-23-25-22(28)24-20-11-7-9-16-8-5-6-10-19(16)20/h5-15,27H,3-4H2,1-2H3,(H2,24,25,28)/b23-15+. The minimum atomic E-state index is 0.183. The van der Waals surface area contributed by atoms with Gasteiger partial charge in [0.25, 0.3) is 0 Å². The van der Waals surface area contributed by atoms with Crippen molar-refractivity contribution >= 4 is 45.7 Å². The topological polar surface area (TPSA) is 59.9 Å². The molecule has 0 unspecified atom stereocenters. The first kappa shape index (κ1) is 19.6. The summed E-state index contributed by atoms with van der Waals surface area (Å²) < 4.78 is 0. The molecular weight excluding hydrogens is 368 g/mol. The smallest absolute Gasteiger partial charge is 0.191 e. The van der Waals surface area contributed by atoms with Gasteiger partial charge in [0.05, 0.1) is 6.21 Å².